The van der Waals surface area contributed by atoms with Gasteiger partial charge in [0.1, 0.15) is 10.5 Å². The minimum Gasteiger partial charge on any atom is -0.480 e. The van der Waals surface area contributed by atoms with E-state index in [1.807, 2.05) is 0 Å². The van der Waals surface area contributed by atoms with Gasteiger partial charge in [-0.3, -0.25) is 9.36 Å². The number of carbonyl (C=O) groups is 1. The van der Waals surface area contributed by atoms with Crippen LogP contribution in [0.4, 0.5) is 0 Å². The lowest BCUT2D eigenvalue weighted by Crippen LogP contribution is -2.29. The third-order valence-electron chi connectivity index (χ3n) is 1.89. The molecule has 76 valence electrons. The van der Waals surface area contributed by atoms with Gasteiger partial charge in [0, 0.05) is 0 Å². The van der Waals surface area contributed by atoms with Crippen LogP contribution in [-0.4, -0.2) is 20.6 Å². The van der Waals surface area contributed by atoms with E-state index in [2.05, 4.69) is 20.9 Å². The van der Waals surface area contributed by atoms with Crippen LogP contribution in [0.25, 0.3) is 0 Å². The Morgan fingerprint density at radius 1 is 1.71 bits per heavy atom. The first-order valence-electron chi connectivity index (χ1n) is 3.91. The molecule has 0 bridgehead atoms. The fourth-order valence-electron chi connectivity index (χ4n) is 0.921. The van der Waals surface area contributed by atoms with Gasteiger partial charge in [-0.2, -0.15) is 0 Å². The lowest BCUT2D eigenvalue weighted by molar-refractivity contribution is -0.140. The molecule has 1 N–H and O–H groups in total. The summed E-state index contributed by atoms with van der Waals surface area (Å²) in [4.78, 5) is 26.1. The smallest absolute Gasteiger partial charge is 0.326 e. The molecule has 0 fully saturated rings. The zero-order chi connectivity index (χ0) is 10.9. The molecule has 14 heavy (non-hydrogen) atoms. The van der Waals surface area contributed by atoms with E-state index < -0.39 is 12.0 Å². The number of carboxylic acids is 1. The van der Waals surface area contributed by atoms with Crippen molar-refractivity contribution in [3.63, 3.8) is 0 Å². The fourth-order valence-corrected chi connectivity index (χ4v) is 1.23. The van der Waals surface area contributed by atoms with Crippen molar-refractivity contribution in [2.75, 3.05) is 0 Å². The average Bonchev–Trinajstić information content (AvgIpc) is 2.13. The molecule has 0 spiro atoms. The average molecular weight is 261 g/mol. The monoisotopic (exact) mass is 260 g/mol. The van der Waals surface area contributed by atoms with Crippen LogP contribution in [0, 0.1) is 6.92 Å². The van der Waals surface area contributed by atoms with E-state index in [0.29, 0.717) is 10.2 Å². The zero-order valence-electron chi connectivity index (χ0n) is 7.69. The summed E-state index contributed by atoms with van der Waals surface area (Å²) in [6.07, 6.45) is 1.24. The highest BCUT2D eigenvalue weighted by Gasteiger charge is 2.16. The van der Waals surface area contributed by atoms with Crippen LogP contribution in [0.1, 0.15) is 18.7 Å². The molecule has 6 heteroatoms. The number of carboxylic acid groups (broad SMARTS) is 1. The number of hydrogen-bond acceptors (Lipinski definition) is 3. The van der Waals surface area contributed by atoms with Gasteiger partial charge >= 0.3 is 5.97 Å². The van der Waals surface area contributed by atoms with E-state index in [-0.39, 0.29) is 5.56 Å². The van der Waals surface area contributed by atoms with E-state index in [1.54, 1.807) is 6.92 Å². The number of hydrogen-bond donors (Lipinski definition) is 1. The summed E-state index contributed by atoms with van der Waals surface area (Å²) in [7, 11) is 0. The van der Waals surface area contributed by atoms with Gasteiger partial charge < -0.3 is 5.11 Å². The van der Waals surface area contributed by atoms with Gasteiger partial charge in [0.2, 0.25) is 0 Å². The molecule has 0 saturated heterocycles. The highest BCUT2D eigenvalue weighted by atomic mass is 79.9. The van der Waals surface area contributed by atoms with Gasteiger partial charge in [0.25, 0.3) is 5.56 Å². The first-order valence-corrected chi connectivity index (χ1v) is 4.70. The maximum absolute atomic E-state index is 11.5. The van der Waals surface area contributed by atoms with E-state index in [4.69, 9.17) is 5.11 Å². The third-order valence-corrected chi connectivity index (χ3v) is 2.80. The van der Waals surface area contributed by atoms with Gasteiger partial charge in [-0.05, 0) is 29.8 Å². The van der Waals surface area contributed by atoms with Crippen molar-refractivity contribution in [3.05, 3.63) is 26.8 Å². The zero-order valence-corrected chi connectivity index (χ0v) is 9.28. The van der Waals surface area contributed by atoms with E-state index >= 15 is 0 Å². The number of aliphatic carboxylic acids is 1. The molecule has 0 aliphatic heterocycles. The second-order valence-corrected chi connectivity index (χ2v) is 3.66. The summed E-state index contributed by atoms with van der Waals surface area (Å²) in [5.74, 6) is -1.07. The Hall–Kier alpha value is -1.17. The lowest BCUT2D eigenvalue weighted by atomic mass is 10.3. The van der Waals surface area contributed by atoms with Crippen LogP contribution < -0.4 is 5.56 Å². The summed E-state index contributed by atoms with van der Waals surface area (Å²) in [6, 6.07) is -0.910. The molecule has 1 heterocycles. The van der Waals surface area contributed by atoms with Crippen molar-refractivity contribution in [3.8, 4) is 0 Å². The predicted octanol–water partition coefficient (Wildman–Crippen LogP) is 0.960. The molecule has 1 rings (SSSR count). The number of aromatic nitrogens is 2. The molecule has 0 saturated carbocycles. The van der Waals surface area contributed by atoms with Crippen LogP contribution in [-0.2, 0) is 4.79 Å². The van der Waals surface area contributed by atoms with Crippen molar-refractivity contribution >= 4 is 21.9 Å². The molecule has 1 atom stereocenters. The van der Waals surface area contributed by atoms with Gasteiger partial charge in [0.15, 0.2) is 0 Å². The summed E-state index contributed by atoms with van der Waals surface area (Å²) in [5.41, 5.74) is 0.163. The Kier molecular flexibility index (Phi) is 3.05. The van der Waals surface area contributed by atoms with Crippen molar-refractivity contribution in [2.45, 2.75) is 19.9 Å². The summed E-state index contributed by atoms with van der Waals surface area (Å²) < 4.78 is 1.37. The fraction of sp³-hybridized carbons (Fsp3) is 0.375. The minimum atomic E-state index is -1.07. The van der Waals surface area contributed by atoms with Crippen LogP contribution in [0.2, 0.25) is 0 Å². The van der Waals surface area contributed by atoms with Crippen molar-refractivity contribution in [1.82, 2.24) is 9.55 Å². The molecule has 5 nitrogen and oxygen atoms in total. The Morgan fingerprint density at radius 3 is 2.79 bits per heavy atom. The topological polar surface area (TPSA) is 72.2 Å². The van der Waals surface area contributed by atoms with E-state index in [1.165, 1.54) is 13.3 Å². The van der Waals surface area contributed by atoms with Gasteiger partial charge in [-0.15, -0.1) is 0 Å². The molecule has 1 unspecified atom stereocenters. The van der Waals surface area contributed by atoms with Crippen LogP contribution in [0.5, 0.6) is 0 Å². The lowest BCUT2D eigenvalue weighted by Gasteiger charge is -2.10. The second kappa shape index (κ2) is 3.91. The van der Waals surface area contributed by atoms with Crippen LogP contribution >= 0.6 is 15.9 Å². The maximum Gasteiger partial charge on any atom is 0.326 e. The van der Waals surface area contributed by atoms with Crippen LogP contribution in [0.15, 0.2) is 15.6 Å². The molecule has 0 radical (unpaired) electrons. The Bertz CT molecular complexity index is 427. The Morgan fingerprint density at radius 2 is 2.29 bits per heavy atom. The quantitative estimate of drug-likeness (QED) is 0.860. The maximum atomic E-state index is 11.5. The first-order chi connectivity index (χ1) is 6.45. The SMILES string of the molecule is Cc1ncn(C(C)C(=O)O)c(=O)c1Br. The van der Waals surface area contributed by atoms with E-state index in [9.17, 15) is 9.59 Å². The van der Waals surface area contributed by atoms with E-state index in [0.717, 1.165) is 4.57 Å². The van der Waals surface area contributed by atoms with Gasteiger partial charge in [-0.25, -0.2) is 9.78 Å². The molecule has 0 aromatic carbocycles. The molecule has 1 aromatic heterocycles. The van der Waals surface area contributed by atoms with Crippen molar-refractivity contribution in [2.24, 2.45) is 0 Å². The standard InChI is InChI=1S/C8H9BrN2O3/c1-4-6(9)7(12)11(3-10-4)5(2)8(13)14/h3,5H,1-2H3,(H,13,14). The summed E-state index contributed by atoms with van der Waals surface area (Å²) >= 11 is 3.06. The highest BCUT2D eigenvalue weighted by Crippen LogP contribution is 2.09. The normalized spacial score (nSPS) is 12.5. The second-order valence-electron chi connectivity index (χ2n) is 2.87. The third kappa shape index (κ3) is 1.84. The summed E-state index contributed by atoms with van der Waals surface area (Å²) in [5, 5.41) is 8.72. The molecular weight excluding hydrogens is 252 g/mol. The summed E-state index contributed by atoms with van der Waals surface area (Å²) in [6.45, 7) is 3.09. The number of halogens is 1. The number of nitrogens with zero attached hydrogens (tertiary/aromatic N) is 2. The van der Waals surface area contributed by atoms with Gasteiger partial charge in [-0.1, -0.05) is 0 Å². The minimum absolute atomic E-state index is 0.299. The Balaban J connectivity index is 3.32. The molecule has 0 aliphatic rings. The molecular formula is C8H9BrN2O3. The number of aryl methyl sites for hydroxylation is 1. The molecule has 0 aliphatic carbocycles. The first kappa shape index (κ1) is 10.9. The number of rotatable bonds is 2. The highest BCUT2D eigenvalue weighted by molar-refractivity contribution is 9.10. The Labute approximate surface area is 88.5 Å². The van der Waals surface area contributed by atoms with Crippen molar-refractivity contribution < 1.29 is 9.90 Å². The predicted molar refractivity (Wildman–Crippen MR) is 53.3 cm³/mol. The molecule has 1 aromatic rings. The largest absolute Gasteiger partial charge is 0.480 e. The molecule has 0 amide bonds. The van der Waals surface area contributed by atoms with Crippen molar-refractivity contribution in [1.29, 1.82) is 0 Å². The van der Waals surface area contributed by atoms with Gasteiger partial charge in [0.05, 0.1) is 12.0 Å². The van der Waals surface area contributed by atoms with Crippen LogP contribution in [0.3, 0.4) is 0 Å².